The van der Waals surface area contributed by atoms with E-state index >= 15 is 0 Å². The zero-order chi connectivity index (χ0) is 22.1. The van der Waals surface area contributed by atoms with Gasteiger partial charge in [0.25, 0.3) is 5.56 Å². The van der Waals surface area contributed by atoms with E-state index in [9.17, 15) is 9.90 Å². The minimum Gasteiger partial charge on any atom is -0.396 e. The van der Waals surface area contributed by atoms with E-state index in [2.05, 4.69) is 32.7 Å². The molecule has 1 aliphatic heterocycles. The van der Waals surface area contributed by atoms with E-state index in [0.29, 0.717) is 29.9 Å². The predicted octanol–water partition coefficient (Wildman–Crippen LogP) is 1.92. The molecule has 9 heteroatoms. The Hall–Kier alpha value is -3.56. The number of anilines is 2. The quantitative estimate of drug-likeness (QED) is 0.428. The molecule has 0 bridgehead atoms. The lowest BCUT2D eigenvalue weighted by molar-refractivity contribution is 0.298. The minimum absolute atomic E-state index is 0.0105. The lowest BCUT2D eigenvalue weighted by Gasteiger charge is -2.18. The van der Waals surface area contributed by atoms with Gasteiger partial charge in [-0.3, -0.25) is 9.78 Å². The van der Waals surface area contributed by atoms with Crippen LogP contribution in [-0.4, -0.2) is 42.6 Å². The largest absolute Gasteiger partial charge is 0.396 e. The normalized spacial score (nSPS) is 13.3. The molecule has 0 saturated carbocycles. The topological polar surface area (TPSA) is 110 Å². The molecule has 5 rings (SSSR count). The van der Waals surface area contributed by atoms with Crippen molar-refractivity contribution in [2.45, 2.75) is 32.9 Å². The number of hydrogen-bond acceptors (Lipinski definition) is 7. The molecule has 0 atom stereocenters. The van der Waals surface area contributed by atoms with Gasteiger partial charge in [-0.15, -0.1) is 0 Å². The maximum Gasteiger partial charge on any atom is 0.278 e. The van der Waals surface area contributed by atoms with Crippen molar-refractivity contribution in [3.63, 3.8) is 0 Å². The van der Waals surface area contributed by atoms with Crippen LogP contribution in [-0.2, 0) is 25.9 Å². The number of rotatable bonds is 6. The summed E-state index contributed by atoms with van der Waals surface area (Å²) < 4.78 is 3.43. The molecule has 164 valence electrons. The third-order valence-electron chi connectivity index (χ3n) is 5.74. The van der Waals surface area contributed by atoms with Gasteiger partial charge in [-0.2, -0.15) is 4.98 Å². The Morgan fingerprint density at radius 2 is 2.09 bits per heavy atom. The molecule has 9 nitrogen and oxygen atoms in total. The van der Waals surface area contributed by atoms with Crippen LogP contribution in [0, 0.1) is 0 Å². The van der Waals surface area contributed by atoms with E-state index in [4.69, 9.17) is 4.98 Å². The summed E-state index contributed by atoms with van der Waals surface area (Å²) in [5.74, 6) is 0.429. The molecular weight excluding hydrogens is 406 g/mol. The van der Waals surface area contributed by atoms with Crippen molar-refractivity contribution >= 4 is 22.7 Å². The first kappa shape index (κ1) is 20.3. The zero-order valence-electron chi connectivity index (χ0n) is 17.9. The molecule has 0 radical (unpaired) electrons. The fourth-order valence-corrected chi connectivity index (χ4v) is 4.17. The molecule has 0 aliphatic carbocycles. The maximum atomic E-state index is 13.0. The predicted molar refractivity (Wildman–Crippen MR) is 123 cm³/mol. The number of nitrogens with one attached hydrogen (secondary N) is 2. The third kappa shape index (κ3) is 3.65. The number of aliphatic hydroxyl groups is 1. The van der Waals surface area contributed by atoms with Crippen LogP contribution in [0.1, 0.15) is 23.7 Å². The van der Waals surface area contributed by atoms with Crippen LogP contribution in [0.15, 0.2) is 47.5 Å². The Morgan fingerprint density at radius 3 is 2.94 bits per heavy atom. The Labute approximate surface area is 184 Å². The van der Waals surface area contributed by atoms with Crippen LogP contribution >= 0.6 is 0 Å². The summed E-state index contributed by atoms with van der Waals surface area (Å²) in [4.78, 5) is 26.4. The van der Waals surface area contributed by atoms with Crippen molar-refractivity contribution in [3.8, 4) is 5.69 Å². The Bertz CT molecular complexity index is 1340. The van der Waals surface area contributed by atoms with Gasteiger partial charge in [0.15, 0.2) is 5.65 Å². The van der Waals surface area contributed by atoms with Gasteiger partial charge in [0.2, 0.25) is 5.95 Å². The Morgan fingerprint density at radius 1 is 1.19 bits per heavy atom. The van der Waals surface area contributed by atoms with Crippen molar-refractivity contribution in [2.24, 2.45) is 0 Å². The Balaban J connectivity index is 1.58. The SMILES string of the molecule is CCn1c(=O)c2cnc(Nc3ccc4c(c3)CCNC4)nc2n1-c1ccnc(CCO)c1. The van der Waals surface area contributed by atoms with Crippen LogP contribution in [0.4, 0.5) is 11.6 Å². The summed E-state index contributed by atoms with van der Waals surface area (Å²) in [5, 5.41) is 16.4. The molecular formula is C23H25N7O2. The molecule has 0 fully saturated rings. The highest BCUT2D eigenvalue weighted by atomic mass is 16.3. The van der Waals surface area contributed by atoms with Crippen molar-refractivity contribution in [1.82, 2.24) is 29.6 Å². The van der Waals surface area contributed by atoms with E-state index in [1.54, 1.807) is 21.8 Å². The van der Waals surface area contributed by atoms with Crippen LogP contribution < -0.4 is 16.2 Å². The van der Waals surface area contributed by atoms with E-state index in [0.717, 1.165) is 36.6 Å². The van der Waals surface area contributed by atoms with E-state index in [-0.39, 0.29) is 12.2 Å². The van der Waals surface area contributed by atoms with E-state index in [1.807, 2.05) is 25.1 Å². The van der Waals surface area contributed by atoms with Gasteiger partial charge in [-0.25, -0.2) is 14.3 Å². The summed E-state index contributed by atoms with van der Waals surface area (Å²) in [6.07, 6.45) is 4.69. The van der Waals surface area contributed by atoms with Crippen LogP contribution in [0.5, 0.6) is 0 Å². The first-order valence-corrected chi connectivity index (χ1v) is 10.8. The zero-order valence-corrected chi connectivity index (χ0v) is 17.9. The summed E-state index contributed by atoms with van der Waals surface area (Å²) in [7, 11) is 0. The molecule has 0 spiro atoms. The first-order valence-electron chi connectivity index (χ1n) is 10.8. The monoisotopic (exact) mass is 431 g/mol. The van der Waals surface area contributed by atoms with E-state index < -0.39 is 0 Å². The average molecular weight is 432 g/mol. The molecule has 0 unspecified atom stereocenters. The maximum absolute atomic E-state index is 13.0. The summed E-state index contributed by atoms with van der Waals surface area (Å²) in [6.45, 7) is 4.27. The highest BCUT2D eigenvalue weighted by Gasteiger charge is 2.17. The molecule has 3 aromatic heterocycles. The van der Waals surface area contributed by atoms with Crippen molar-refractivity contribution in [3.05, 3.63) is 69.9 Å². The van der Waals surface area contributed by atoms with Gasteiger partial charge >= 0.3 is 0 Å². The second kappa shape index (κ2) is 8.52. The second-order valence-electron chi connectivity index (χ2n) is 7.78. The number of aromatic nitrogens is 5. The molecule has 4 aromatic rings. The molecule has 1 aromatic carbocycles. The van der Waals surface area contributed by atoms with Gasteiger partial charge in [0.05, 0.1) is 5.69 Å². The molecule has 32 heavy (non-hydrogen) atoms. The fourth-order valence-electron chi connectivity index (χ4n) is 4.17. The summed E-state index contributed by atoms with van der Waals surface area (Å²) >= 11 is 0. The van der Waals surface area contributed by atoms with Gasteiger partial charge in [0, 0.05) is 49.9 Å². The molecule has 3 N–H and O–H groups in total. The van der Waals surface area contributed by atoms with Crippen LogP contribution in [0.25, 0.3) is 16.7 Å². The van der Waals surface area contributed by atoms with Crippen molar-refractivity contribution < 1.29 is 5.11 Å². The highest BCUT2D eigenvalue weighted by molar-refractivity contribution is 5.77. The standard InChI is InChI=1S/C23H25N7O2/c1-2-29-22(32)20-14-26-23(27-18-4-3-16-13-24-8-5-15(16)11-18)28-21(20)30(29)19-6-9-25-17(12-19)7-10-31/h3-4,6,9,11-12,14,24,31H,2,5,7-8,10,13H2,1H3,(H,26,27,28). The molecule has 1 aliphatic rings. The van der Waals surface area contributed by atoms with Gasteiger partial charge in [-0.1, -0.05) is 6.07 Å². The molecule has 0 saturated heterocycles. The third-order valence-corrected chi connectivity index (χ3v) is 5.74. The van der Waals surface area contributed by atoms with Crippen molar-refractivity contribution in [2.75, 3.05) is 18.5 Å². The van der Waals surface area contributed by atoms with Gasteiger partial charge < -0.3 is 15.7 Å². The number of benzene rings is 1. The second-order valence-corrected chi connectivity index (χ2v) is 7.78. The van der Waals surface area contributed by atoms with Crippen molar-refractivity contribution in [1.29, 1.82) is 0 Å². The number of pyridine rings is 1. The van der Waals surface area contributed by atoms with Crippen LogP contribution in [0.2, 0.25) is 0 Å². The van der Waals surface area contributed by atoms with Gasteiger partial charge in [-0.05, 0) is 55.3 Å². The number of aliphatic hydroxyl groups excluding tert-OH is 1. The molecule has 4 heterocycles. The number of nitrogens with zero attached hydrogens (tertiary/aromatic N) is 5. The fraction of sp³-hybridized carbons (Fsp3) is 0.304. The van der Waals surface area contributed by atoms with Crippen LogP contribution in [0.3, 0.4) is 0 Å². The number of fused-ring (bicyclic) bond motifs is 2. The highest BCUT2D eigenvalue weighted by Crippen LogP contribution is 2.22. The first-order chi connectivity index (χ1) is 15.7. The van der Waals surface area contributed by atoms with E-state index in [1.165, 1.54) is 11.1 Å². The Kier molecular flexibility index (Phi) is 5.42. The lowest BCUT2D eigenvalue weighted by atomic mass is 10.0. The minimum atomic E-state index is -0.143. The van der Waals surface area contributed by atoms with Gasteiger partial charge in [0.1, 0.15) is 5.39 Å². The number of hydrogen-bond donors (Lipinski definition) is 3. The lowest BCUT2D eigenvalue weighted by Crippen LogP contribution is -2.23. The smallest absolute Gasteiger partial charge is 0.278 e. The average Bonchev–Trinajstić information content (AvgIpc) is 3.10. The summed E-state index contributed by atoms with van der Waals surface area (Å²) in [5.41, 5.74) is 5.44. The summed E-state index contributed by atoms with van der Waals surface area (Å²) in [6, 6.07) is 9.98. The molecule has 0 amide bonds.